The Balaban J connectivity index is 3.15. The minimum absolute atomic E-state index is 0.0325. The summed E-state index contributed by atoms with van der Waals surface area (Å²) >= 11 is 0. The highest BCUT2D eigenvalue weighted by Crippen LogP contribution is 2.22. The SMILES string of the molecule is Cc1nn(C)c(NC(=O)C(C)(C)C)c1C(=O)O. The Hall–Kier alpha value is -1.85. The molecule has 1 aromatic rings. The van der Waals surface area contributed by atoms with Crippen LogP contribution in [-0.4, -0.2) is 26.8 Å². The van der Waals surface area contributed by atoms with Crippen LogP contribution in [0.15, 0.2) is 0 Å². The van der Waals surface area contributed by atoms with Gasteiger partial charge >= 0.3 is 5.97 Å². The van der Waals surface area contributed by atoms with Crippen LogP contribution in [0.3, 0.4) is 0 Å². The lowest BCUT2D eigenvalue weighted by Gasteiger charge is -2.17. The molecule has 0 aliphatic rings. The van der Waals surface area contributed by atoms with Gasteiger partial charge in [0.15, 0.2) is 0 Å². The van der Waals surface area contributed by atoms with Crippen molar-refractivity contribution in [1.82, 2.24) is 9.78 Å². The topological polar surface area (TPSA) is 84.2 Å². The largest absolute Gasteiger partial charge is 0.477 e. The molecule has 0 bridgehead atoms. The molecule has 0 aromatic carbocycles. The summed E-state index contributed by atoms with van der Waals surface area (Å²) in [6.07, 6.45) is 0. The predicted octanol–water partition coefficient (Wildman–Crippen LogP) is 1.41. The van der Waals surface area contributed by atoms with Crippen molar-refractivity contribution in [1.29, 1.82) is 0 Å². The number of aryl methyl sites for hydroxylation is 2. The van der Waals surface area contributed by atoms with Crippen molar-refractivity contribution >= 4 is 17.7 Å². The summed E-state index contributed by atoms with van der Waals surface area (Å²) in [6, 6.07) is 0. The maximum absolute atomic E-state index is 11.8. The fourth-order valence-corrected chi connectivity index (χ4v) is 1.35. The number of hydrogen-bond donors (Lipinski definition) is 2. The second-order valence-electron chi connectivity index (χ2n) is 4.94. The minimum Gasteiger partial charge on any atom is -0.477 e. The van der Waals surface area contributed by atoms with E-state index in [0.717, 1.165) is 0 Å². The second-order valence-corrected chi connectivity index (χ2v) is 4.94. The number of carbonyl (C=O) groups is 2. The summed E-state index contributed by atoms with van der Waals surface area (Å²) in [4.78, 5) is 22.9. The van der Waals surface area contributed by atoms with Crippen molar-refractivity contribution in [3.8, 4) is 0 Å². The number of carbonyl (C=O) groups excluding carboxylic acids is 1. The van der Waals surface area contributed by atoms with Gasteiger partial charge in [-0.2, -0.15) is 5.10 Å². The number of aromatic carboxylic acids is 1. The molecule has 1 amide bonds. The lowest BCUT2D eigenvalue weighted by molar-refractivity contribution is -0.123. The molecule has 1 aromatic heterocycles. The normalized spacial score (nSPS) is 11.4. The summed E-state index contributed by atoms with van der Waals surface area (Å²) in [5.74, 6) is -1.13. The smallest absolute Gasteiger partial charge is 0.341 e. The van der Waals surface area contributed by atoms with Crippen LogP contribution in [-0.2, 0) is 11.8 Å². The molecule has 0 unspecified atom stereocenters. The first-order valence-corrected chi connectivity index (χ1v) is 5.23. The molecule has 0 aliphatic heterocycles. The molecule has 0 fully saturated rings. The van der Waals surface area contributed by atoms with E-state index in [1.165, 1.54) is 4.68 Å². The van der Waals surface area contributed by atoms with E-state index in [-0.39, 0.29) is 17.3 Å². The van der Waals surface area contributed by atoms with Crippen molar-refractivity contribution in [3.05, 3.63) is 11.3 Å². The van der Waals surface area contributed by atoms with Crippen molar-refractivity contribution < 1.29 is 14.7 Å². The van der Waals surface area contributed by atoms with Gasteiger partial charge in [0, 0.05) is 12.5 Å². The van der Waals surface area contributed by atoms with Crippen LogP contribution < -0.4 is 5.32 Å². The number of nitrogens with zero attached hydrogens (tertiary/aromatic N) is 2. The summed E-state index contributed by atoms with van der Waals surface area (Å²) in [6.45, 7) is 6.86. The summed E-state index contributed by atoms with van der Waals surface area (Å²) in [5, 5.41) is 15.7. The van der Waals surface area contributed by atoms with E-state index in [4.69, 9.17) is 5.11 Å². The number of carboxylic acids is 1. The Morgan fingerprint density at radius 3 is 2.29 bits per heavy atom. The molecule has 2 N–H and O–H groups in total. The summed E-state index contributed by atoms with van der Waals surface area (Å²) in [7, 11) is 1.59. The first-order chi connectivity index (χ1) is 7.64. The zero-order valence-electron chi connectivity index (χ0n) is 10.7. The van der Waals surface area contributed by atoms with Crippen LogP contribution in [0.2, 0.25) is 0 Å². The fourth-order valence-electron chi connectivity index (χ4n) is 1.35. The van der Waals surface area contributed by atoms with E-state index in [9.17, 15) is 9.59 Å². The lowest BCUT2D eigenvalue weighted by Crippen LogP contribution is -2.29. The lowest BCUT2D eigenvalue weighted by atomic mass is 9.95. The van der Waals surface area contributed by atoms with Gasteiger partial charge in [0.25, 0.3) is 0 Å². The molecular formula is C11H17N3O3. The van der Waals surface area contributed by atoms with E-state index in [2.05, 4.69) is 10.4 Å². The summed E-state index contributed by atoms with van der Waals surface area (Å²) < 4.78 is 1.36. The molecule has 0 spiro atoms. The average Bonchev–Trinajstić information content (AvgIpc) is 2.39. The minimum atomic E-state index is -1.10. The van der Waals surface area contributed by atoms with Gasteiger partial charge in [-0.3, -0.25) is 9.48 Å². The van der Waals surface area contributed by atoms with Gasteiger partial charge in [-0.25, -0.2) is 4.79 Å². The van der Waals surface area contributed by atoms with Crippen LogP contribution in [0.1, 0.15) is 36.8 Å². The number of aromatic nitrogens is 2. The first kappa shape index (κ1) is 13.2. The van der Waals surface area contributed by atoms with Crippen LogP contribution in [0, 0.1) is 12.3 Å². The molecule has 1 rings (SSSR count). The Kier molecular flexibility index (Phi) is 3.26. The highest BCUT2D eigenvalue weighted by atomic mass is 16.4. The Bertz CT molecular complexity index is 469. The van der Waals surface area contributed by atoms with Gasteiger partial charge < -0.3 is 10.4 Å². The van der Waals surface area contributed by atoms with Gasteiger partial charge in [0.05, 0.1) is 5.69 Å². The third-order valence-corrected chi connectivity index (χ3v) is 2.35. The molecule has 0 saturated carbocycles. The van der Waals surface area contributed by atoms with Crippen molar-refractivity contribution in [2.75, 3.05) is 5.32 Å². The van der Waals surface area contributed by atoms with Gasteiger partial charge in [0.2, 0.25) is 5.91 Å². The van der Waals surface area contributed by atoms with E-state index < -0.39 is 11.4 Å². The number of hydrogen-bond acceptors (Lipinski definition) is 3. The number of anilines is 1. The second kappa shape index (κ2) is 4.20. The average molecular weight is 239 g/mol. The highest BCUT2D eigenvalue weighted by molar-refractivity contribution is 6.01. The molecular weight excluding hydrogens is 222 g/mol. The molecule has 0 atom stereocenters. The third-order valence-electron chi connectivity index (χ3n) is 2.35. The van der Waals surface area contributed by atoms with Crippen molar-refractivity contribution in [2.45, 2.75) is 27.7 Å². The zero-order chi connectivity index (χ0) is 13.4. The van der Waals surface area contributed by atoms with Gasteiger partial charge in [-0.15, -0.1) is 0 Å². The van der Waals surface area contributed by atoms with Crippen LogP contribution in [0.4, 0.5) is 5.82 Å². The van der Waals surface area contributed by atoms with E-state index in [0.29, 0.717) is 5.69 Å². The number of rotatable bonds is 2. The van der Waals surface area contributed by atoms with E-state index >= 15 is 0 Å². The standard InChI is InChI=1S/C11H17N3O3/c1-6-7(9(15)16)8(14(5)13-6)12-10(17)11(2,3)4/h1-5H3,(H,12,17)(H,15,16). The van der Waals surface area contributed by atoms with Crippen LogP contribution >= 0.6 is 0 Å². The van der Waals surface area contributed by atoms with Crippen LogP contribution in [0.5, 0.6) is 0 Å². The Morgan fingerprint density at radius 1 is 1.35 bits per heavy atom. The molecule has 94 valence electrons. The molecule has 1 heterocycles. The monoisotopic (exact) mass is 239 g/mol. The van der Waals surface area contributed by atoms with Gasteiger partial charge in [-0.1, -0.05) is 20.8 Å². The van der Waals surface area contributed by atoms with Crippen molar-refractivity contribution in [2.24, 2.45) is 12.5 Å². The predicted molar refractivity (Wildman–Crippen MR) is 63.0 cm³/mol. The molecule has 0 aliphatic carbocycles. The van der Waals surface area contributed by atoms with E-state index in [1.54, 1.807) is 34.7 Å². The van der Waals surface area contributed by atoms with Gasteiger partial charge in [-0.05, 0) is 6.92 Å². The van der Waals surface area contributed by atoms with Crippen LogP contribution in [0.25, 0.3) is 0 Å². The number of amides is 1. The number of nitrogens with one attached hydrogen (secondary N) is 1. The maximum Gasteiger partial charge on any atom is 0.341 e. The summed E-state index contributed by atoms with van der Waals surface area (Å²) in [5.41, 5.74) is -0.178. The first-order valence-electron chi connectivity index (χ1n) is 5.23. The van der Waals surface area contributed by atoms with Crippen molar-refractivity contribution in [3.63, 3.8) is 0 Å². The zero-order valence-corrected chi connectivity index (χ0v) is 10.7. The molecule has 17 heavy (non-hydrogen) atoms. The molecule has 6 nitrogen and oxygen atoms in total. The Morgan fingerprint density at radius 2 is 1.88 bits per heavy atom. The van der Waals surface area contributed by atoms with Gasteiger partial charge in [0.1, 0.15) is 11.4 Å². The molecule has 0 radical (unpaired) electrons. The maximum atomic E-state index is 11.8. The Labute approximate surface area is 99.6 Å². The highest BCUT2D eigenvalue weighted by Gasteiger charge is 2.26. The molecule has 6 heteroatoms. The number of carboxylic acid groups (broad SMARTS) is 1. The third kappa shape index (κ3) is 2.64. The fraction of sp³-hybridized carbons (Fsp3) is 0.545. The van der Waals surface area contributed by atoms with E-state index in [1.807, 2.05) is 0 Å². The molecule has 0 saturated heterocycles. The quantitative estimate of drug-likeness (QED) is 0.817.